The van der Waals surface area contributed by atoms with Crippen LogP contribution in [0.15, 0.2) is 24.3 Å². The number of carboxylic acid groups (broad SMARTS) is 1. The molecule has 1 N–H and O–H groups in total. The summed E-state index contributed by atoms with van der Waals surface area (Å²) < 4.78 is 0. The van der Waals surface area contributed by atoms with E-state index >= 15 is 0 Å². The highest BCUT2D eigenvalue weighted by atomic mass is 16.4. The SMILES string of the molecule is CCCCC(C)C(=O)N(C)c1ccccc1C(=O)O. The summed E-state index contributed by atoms with van der Waals surface area (Å²) in [5.41, 5.74) is 0.601. The molecule has 0 aromatic heterocycles. The molecule has 0 saturated carbocycles. The van der Waals surface area contributed by atoms with Crippen LogP contribution in [0.4, 0.5) is 5.69 Å². The van der Waals surface area contributed by atoms with Crippen molar-refractivity contribution in [1.82, 2.24) is 0 Å². The Labute approximate surface area is 114 Å². The summed E-state index contributed by atoms with van der Waals surface area (Å²) in [4.78, 5) is 24.9. The van der Waals surface area contributed by atoms with Crippen LogP contribution >= 0.6 is 0 Å². The van der Waals surface area contributed by atoms with E-state index in [0.29, 0.717) is 5.69 Å². The summed E-state index contributed by atoms with van der Waals surface area (Å²) in [7, 11) is 1.63. The van der Waals surface area contributed by atoms with Gasteiger partial charge in [-0.15, -0.1) is 0 Å². The number of anilines is 1. The number of unbranched alkanes of at least 4 members (excludes halogenated alkanes) is 1. The number of amides is 1. The first-order valence-corrected chi connectivity index (χ1v) is 6.59. The van der Waals surface area contributed by atoms with E-state index in [2.05, 4.69) is 6.92 Å². The minimum absolute atomic E-state index is 0.0397. The van der Waals surface area contributed by atoms with E-state index in [1.807, 2.05) is 6.92 Å². The predicted molar refractivity (Wildman–Crippen MR) is 75.5 cm³/mol. The van der Waals surface area contributed by atoms with Crippen molar-refractivity contribution in [2.75, 3.05) is 11.9 Å². The molecule has 104 valence electrons. The molecule has 0 saturated heterocycles. The van der Waals surface area contributed by atoms with Crippen LogP contribution in [-0.2, 0) is 4.79 Å². The third-order valence-electron chi connectivity index (χ3n) is 3.24. The quantitative estimate of drug-likeness (QED) is 0.857. The fourth-order valence-electron chi connectivity index (χ4n) is 2.03. The zero-order valence-electron chi connectivity index (χ0n) is 11.7. The lowest BCUT2D eigenvalue weighted by Gasteiger charge is -2.22. The van der Waals surface area contributed by atoms with Gasteiger partial charge in [-0.3, -0.25) is 4.79 Å². The molecule has 0 fully saturated rings. The molecule has 1 rings (SSSR count). The van der Waals surface area contributed by atoms with Crippen LogP contribution in [0.3, 0.4) is 0 Å². The molecule has 0 aliphatic rings. The third kappa shape index (κ3) is 3.81. The van der Waals surface area contributed by atoms with E-state index in [1.54, 1.807) is 25.2 Å². The van der Waals surface area contributed by atoms with Crippen molar-refractivity contribution in [3.8, 4) is 0 Å². The van der Waals surface area contributed by atoms with Gasteiger partial charge in [0.25, 0.3) is 0 Å². The lowest BCUT2D eigenvalue weighted by molar-refractivity contribution is -0.121. The molecule has 0 aliphatic heterocycles. The highest BCUT2D eigenvalue weighted by Crippen LogP contribution is 2.22. The number of carbonyl (C=O) groups excluding carboxylic acids is 1. The zero-order chi connectivity index (χ0) is 14.4. The number of rotatable bonds is 6. The van der Waals surface area contributed by atoms with Gasteiger partial charge in [0.2, 0.25) is 5.91 Å². The van der Waals surface area contributed by atoms with Gasteiger partial charge >= 0.3 is 5.97 Å². The van der Waals surface area contributed by atoms with Crippen LogP contribution in [0.25, 0.3) is 0 Å². The first-order chi connectivity index (χ1) is 8.99. The Balaban J connectivity index is 2.91. The number of para-hydroxylation sites is 1. The molecule has 1 unspecified atom stereocenters. The van der Waals surface area contributed by atoms with E-state index in [4.69, 9.17) is 5.11 Å². The van der Waals surface area contributed by atoms with Gasteiger partial charge in [0.15, 0.2) is 0 Å². The average molecular weight is 263 g/mol. The summed E-state index contributed by atoms with van der Waals surface area (Å²) in [6, 6.07) is 6.57. The molecule has 4 nitrogen and oxygen atoms in total. The van der Waals surface area contributed by atoms with Crippen molar-refractivity contribution in [2.45, 2.75) is 33.1 Å². The van der Waals surface area contributed by atoms with Gasteiger partial charge in [0, 0.05) is 13.0 Å². The van der Waals surface area contributed by atoms with Gasteiger partial charge < -0.3 is 10.0 Å². The lowest BCUT2D eigenvalue weighted by Crippen LogP contribution is -2.32. The summed E-state index contributed by atoms with van der Waals surface area (Å²) >= 11 is 0. The predicted octanol–water partition coefficient (Wildman–Crippen LogP) is 3.17. The van der Waals surface area contributed by atoms with Gasteiger partial charge in [-0.1, -0.05) is 38.8 Å². The van der Waals surface area contributed by atoms with E-state index in [-0.39, 0.29) is 17.4 Å². The molecule has 4 heteroatoms. The number of nitrogens with zero attached hydrogens (tertiary/aromatic N) is 1. The van der Waals surface area contributed by atoms with Gasteiger partial charge in [0.1, 0.15) is 0 Å². The fraction of sp³-hybridized carbons (Fsp3) is 0.467. The van der Waals surface area contributed by atoms with Crippen LogP contribution in [0.1, 0.15) is 43.5 Å². The standard InChI is InChI=1S/C15H21NO3/c1-4-5-8-11(2)14(17)16(3)13-10-7-6-9-12(13)15(18)19/h6-7,9-11H,4-5,8H2,1-3H3,(H,18,19). The second-order valence-electron chi connectivity index (χ2n) is 4.76. The highest BCUT2D eigenvalue weighted by molar-refractivity contribution is 6.02. The van der Waals surface area contributed by atoms with Gasteiger partial charge in [-0.2, -0.15) is 0 Å². The Hall–Kier alpha value is -1.84. The van der Waals surface area contributed by atoms with E-state index in [0.717, 1.165) is 19.3 Å². The molecule has 0 heterocycles. The Morgan fingerprint density at radius 1 is 1.32 bits per heavy atom. The molecule has 0 aliphatic carbocycles. The van der Waals surface area contributed by atoms with Gasteiger partial charge in [0.05, 0.1) is 11.3 Å². The number of carbonyl (C=O) groups is 2. The van der Waals surface area contributed by atoms with Crippen LogP contribution in [-0.4, -0.2) is 24.0 Å². The summed E-state index contributed by atoms with van der Waals surface area (Å²) in [6.45, 7) is 3.97. The molecule has 0 radical (unpaired) electrons. The van der Waals surface area contributed by atoms with Crippen LogP contribution < -0.4 is 4.90 Å². The van der Waals surface area contributed by atoms with Crippen molar-refractivity contribution in [3.05, 3.63) is 29.8 Å². The Morgan fingerprint density at radius 2 is 1.95 bits per heavy atom. The van der Waals surface area contributed by atoms with Crippen LogP contribution in [0.2, 0.25) is 0 Å². The maximum absolute atomic E-state index is 12.3. The van der Waals surface area contributed by atoms with Crippen molar-refractivity contribution < 1.29 is 14.7 Å². The molecule has 1 amide bonds. The number of hydrogen-bond donors (Lipinski definition) is 1. The molecule has 1 atom stereocenters. The van der Waals surface area contributed by atoms with E-state index in [9.17, 15) is 9.59 Å². The largest absolute Gasteiger partial charge is 0.478 e. The molecule has 0 bridgehead atoms. The third-order valence-corrected chi connectivity index (χ3v) is 3.24. The molecule has 19 heavy (non-hydrogen) atoms. The van der Waals surface area contributed by atoms with Crippen LogP contribution in [0, 0.1) is 5.92 Å². The number of aromatic carboxylic acids is 1. The Kier molecular flexibility index (Phi) is 5.55. The summed E-state index contributed by atoms with van der Waals surface area (Å²) in [5, 5.41) is 9.14. The normalized spacial score (nSPS) is 11.9. The zero-order valence-corrected chi connectivity index (χ0v) is 11.7. The monoisotopic (exact) mass is 263 g/mol. The molecule has 1 aromatic carbocycles. The second kappa shape index (κ2) is 6.92. The lowest BCUT2D eigenvalue weighted by atomic mass is 10.0. The Morgan fingerprint density at radius 3 is 2.53 bits per heavy atom. The van der Waals surface area contributed by atoms with Crippen molar-refractivity contribution in [2.24, 2.45) is 5.92 Å². The van der Waals surface area contributed by atoms with Crippen molar-refractivity contribution in [3.63, 3.8) is 0 Å². The maximum Gasteiger partial charge on any atom is 0.337 e. The highest BCUT2D eigenvalue weighted by Gasteiger charge is 2.21. The van der Waals surface area contributed by atoms with Gasteiger partial charge in [-0.05, 0) is 18.6 Å². The fourth-order valence-corrected chi connectivity index (χ4v) is 2.03. The molecule has 1 aromatic rings. The number of hydrogen-bond acceptors (Lipinski definition) is 2. The number of benzene rings is 1. The van der Waals surface area contributed by atoms with Crippen LogP contribution in [0.5, 0.6) is 0 Å². The molecular formula is C15H21NO3. The molecule has 0 spiro atoms. The minimum Gasteiger partial charge on any atom is -0.478 e. The first-order valence-electron chi connectivity index (χ1n) is 6.59. The Bertz CT molecular complexity index is 456. The minimum atomic E-state index is -1.02. The van der Waals surface area contributed by atoms with Gasteiger partial charge in [-0.25, -0.2) is 4.79 Å². The summed E-state index contributed by atoms with van der Waals surface area (Å²) in [5.74, 6) is -1.15. The first kappa shape index (κ1) is 15.2. The number of carboxylic acids is 1. The van der Waals surface area contributed by atoms with E-state index in [1.165, 1.54) is 11.0 Å². The summed E-state index contributed by atoms with van der Waals surface area (Å²) in [6.07, 6.45) is 2.88. The van der Waals surface area contributed by atoms with E-state index < -0.39 is 5.97 Å². The average Bonchev–Trinajstić information content (AvgIpc) is 2.42. The maximum atomic E-state index is 12.3. The molecular weight excluding hydrogens is 242 g/mol. The van der Waals surface area contributed by atoms with Crippen molar-refractivity contribution >= 4 is 17.6 Å². The second-order valence-corrected chi connectivity index (χ2v) is 4.76. The van der Waals surface area contributed by atoms with Crippen molar-refractivity contribution in [1.29, 1.82) is 0 Å². The smallest absolute Gasteiger partial charge is 0.337 e. The topological polar surface area (TPSA) is 57.6 Å².